The Hall–Kier alpha value is -7.30. The lowest BCUT2D eigenvalue weighted by molar-refractivity contribution is 0.722. The van der Waals surface area contributed by atoms with E-state index < -0.39 is 10.8 Å². The average molecular weight is 862 g/mol. The smallest absolute Gasteiger partial charge is 0.0736 e. The molecule has 0 amide bonds. The van der Waals surface area contributed by atoms with Gasteiger partial charge in [-0.1, -0.05) is 206 Å². The summed E-state index contributed by atoms with van der Waals surface area (Å²) in [4.78, 5) is 7.78. The van der Waals surface area contributed by atoms with Crippen LogP contribution in [0.5, 0.6) is 0 Å². The lowest BCUT2D eigenvalue weighted by atomic mass is 9.67. The molecule has 10 aromatic carbocycles. The molecule has 3 heteroatoms. The van der Waals surface area contributed by atoms with E-state index in [-0.39, 0.29) is 0 Å². The second-order valence-corrected chi connectivity index (χ2v) is 19.6. The second kappa shape index (κ2) is 14.1. The molecule has 0 N–H and O–H groups in total. The molecule has 0 saturated carbocycles. The molecule has 0 unspecified atom stereocenters. The minimum absolute atomic E-state index is 0.486. The third kappa shape index (κ3) is 5.03. The average Bonchev–Trinajstić information content (AvgIpc) is 3.83. The molecule has 0 saturated heterocycles. The fourth-order valence-electron chi connectivity index (χ4n) is 11.9. The predicted octanol–water partition coefficient (Wildman–Crippen LogP) is 16.5. The van der Waals surface area contributed by atoms with Gasteiger partial charge in [-0.05, 0) is 127 Å². The first-order valence-corrected chi connectivity index (χ1v) is 24.0. The van der Waals surface area contributed by atoms with Crippen molar-refractivity contribution in [3.8, 4) is 33.4 Å². The Morgan fingerprint density at radius 2 is 0.692 bits per heavy atom. The van der Waals surface area contributed by atoms with Crippen LogP contribution < -0.4 is 4.90 Å². The van der Waals surface area contributed by atoms with Crippen molar-refractivity contribution in [2.24, 2.45) is 0 Å². The summed E-state index contributed by atoms with van der Waals surface area (Å²) in [6, 6.07) is 89.0. The maximum absolute atomic E-state index is 2.55. The highest BCUT2D eigenvalue weighted by Gasteiger charge is 2.52. The van der Waals surface area contributed by atoms with Gasteiger partial charge in [-0.2, -0.15) is 0 Å². The van der Waals surface area contributed by atoms with Crippen molar-refractivity contribution in [3.05, 3.63) is 281 Å². The topological polar surface area (TPSA) is 3.24 Å². The molecule has 4 aliphatic rings. The SMILES string of the molecule is c1ccc(-c2ccc(N(c3ccc4c(c3)C3(c5ccccc5Sc5ccccc53)c3ccccc3-4)c3cccc4c3-c3ccccc3C43c4ccccc4Sc4ccccc43)cc2)cc1. The highest BCUT2D eigenvalue weighted by Crippen LogP contribution is 2.66. The van der Waals surface area contributed by atoms with Gasteiger partial charge in [-0.3, -0.25) is 0 Å². The molecule has 14 rings (SSSR count). The molecule has 0 radical (unpaired) electrons. The second-order valence-electron chi connectivity index (χ2n) is 17.5. The van der Waals surface area contributed by atoms with Gasteiger partial charge in [0.05, 0.1) is 16.5 Å². The van der Waals surface area contributed by atoms with Crippen LogP contribution >= 0.6 is 23.5 Å². The molecule has 2 aliphatic carbocycles. The van der Waals surface area contributed by atoms with Gasteiger partial charge in [-0.25, -0.2) is 0 Å². The molecule has 10 aromatic rings. The van der Waals surface area contributed by atoms with Gasteiger partial charge in [0.1, 0.15) is 0 Å². The third-order valence-corrected chi connectivity index (χ3v) is 16.7. The molecule has 2 spiro atoms. The van der Waals surface area contributed by atoms with Crippen LogP contribution in [0.1, 0.15) is 44.5 Å². The van der Waals surface area contributed by atoms with Crippen LogP contribution in [0, 0.1) is 0 Å². The van der Waals surface area contributed by atoms with Crippen molar-refractivity contribution < 1.29 is 0 Å². The quantitative estimate of drug-likeness (QED) is 0.174. The van der Waals surface area contributed by atoms with Crippen molar-refractivity contribution in [3.63, 3.8) is 0 Å². The van der Waals surface area contributed by atoms with Crippen molar-refractivity contribution in [1.82, 2.24) is 0 Å². The first-order valence-electron chi connectivity index (χ1n) is 22.4. The minimum atomic E-state index is -0.494. The van der Waals surface area contributed by atoms with Crippen LogP contribution in [0.4, 0.5) is 17.1 Å². The monoisotopic (exact) mass is 861 g/mol. The van der Waals surface area contributed by atoms with E-state index in [1.807, 2.05) is 23.5 Å². The number of hydrogen-bond acceptors (Lipinski definition) is 3. The maximum atomic E-state index is 2.55. The number of nitrogens with zero attached hydrogens (tertiary/aromatic N) is 1. The normalized spacial score (nSPS) is 14.6. The summed E-state index contributed by atoms with van der Waals surface area (Å²) in [5, 5.41) is 0. The van der Waals surface area contributed by atoms with Crippen LogP contribution in [-0.4, -0.2) is 0 Å². The zero-order chi connectivity index (χ0) is 42.7. The molecule has 1 nitrogen and oxygen atoms in total. The summed E-state index contributed by atoms with van der Waals surface area (Å²) in [6.07, 6.45) is 0. The Bertz CT molecular complexity index is 3480. The van der Waals surface area contributed by atoms with E-state index in [1.54, 1.807) is 0 Å². The Labute approximate surface area is 388 Å². The number of anilines is 3. The third-order valence-electron chi connectivity index (χ3n) is 14.4. The first kappa shape index (κ1) is 37.1. The molecule has 0 atom stereocenters. The zero-order valence-corrected chi connectivity index (χ0v) is 36.9. The summed E-state index contributed by atoms with van der Waals surface area (Å²) >= 11 is 3.78. The number of hydrogen-bond donors (Lipinski definition) is 0. The van der Waals surface area contributed by atoms with Crippen molar-refractivity contribution in [2.75, 3.05) is 4.90 Å². The maximum Gasteiger partial charge on any atom is 0.0736 e. The minimum Gasteiger partial charge on any atom is -0.310 e. The van der Waals surface area contributed by atoms with Crippen molar-refractivity contribution in [2.45, 2.75) is 30.4 Å². The van der Waals surface area contributed by atoms with Gasteiger partial charge in [0.15, 0.2) is 0 Å². The van der Waals surface area contributed by atoms with E-state index in [0.29, 0.717) is 0 Å². The molecule has 65 heavy (non-hydrogen) atoms. The Balaban J connectivity index is 1.07. The molecule has 2 aliphatic heterocycles. The molecular formula is C62H39NS2. The van der Waals surface area contributed by atoms with Crippen LogP contribution in [0.25, 0.3) is 33.4 Å². The largest absolute Gasteiger partial charge is 0.310 e. The van der Waals surface area contributed by atoms with Crippen LogP contribution in [0.2, 0.25) is 0 Å². The van der Waals surface area contributed by atoms with Gasteiger partial charge in [0, 0.05) is 36.5 Å². The van der Waals surface area contributed by atoms with Gasteiger partial charge in [0.2, 0.25) is 0 Å². The summed E-state index contributed by atoms with van der Waals surface area (Å²) in [5.74, 6) is 0. The van der Waals surface area contributed by atoms with E-state index in [0.717, 1.165) is 17.1 Å². The lowest BCUT2D eigenvalue weighted by Crippen LogP contribution is -2.32. The van der Waals surface area contributed by atoms with Gasteiger partial charge < -0.3 is 4.90 Å². The molecule has 0 fully saturated rings. The Morgan fingerprint density at radius 1 is 0.277 bits per heavy atom. The van der Waals surface area contributed by atoms with Gasteiger partial charge in [0.25, 0.3) is 0 Å². The van der Waals surface area contributed by atoms with E-state index in [9.17, 15) is 0 Å². The summed E-state index contributed by atoms with van der Waals surface area (Å²) in [5.41, 5.74) is 20.6. The predicted molar refractivity (Wildman–Crippen MR) is 269 cm³/mol. The van der Waals surface area contributed by atoms with Gasteiger partial charge >= 0.3 is 0 Å². The first-order chi connectivity index (χ1) is 32.2. The Kier molecular flexibility index (Phi) is 8.05. The number of fused-ring (bicyclic) bond motifs is 18. The fourth-order valence-corrected chi connectivity index (χ4v) is 14.3. The Morgan fingerprint density at radius 3 is 1.28 bits per heavy atom. The van der Waals surface area contributed by atoms with Crippen molar-refractivity contribution >= 4 is 40.6 Å². The molecule has 0 aromatic heterocycles. The number of benzene rings is 10. The molecule has 0 bridgehead atoms. The van der Waals surface area contributed by atoms with Crippen LogP contribution in [-0.2, 0) is 10.8 Å². The van der Waals surface area contributed by atoms with E-state index in [1.165, 1.54) is 97.5 Å². The molecule has 304 valence electrons. The van der Waals surface area contributed by atoms with E-state index in [2.05, 4.69) is 241 Å². The van der Waals surface area contributed by atoms with E-state index >= 15 is 0 Å². The van der Waals surface area contributed by atoms with Crippen LogP contribution in [0.3, 0.4) is 0 Å². The highest BCUT2D eigenvalue weighted by atomic mass is 32.2. The number of rotatable bonds is 4. The lowest BCUT2D eigenvalue weighted by Gasteiger charge is -2.40. The molecular weight excluding hydrogens is 823 g/mol. The summed E-state index contributed by atoms with van der Waals surface area (Å²) in [7, 11) is 0. The van der Waals surface area contributed by atoms with Crippen LogP contribution in [0.15, 0.2) is 256 Å². The summed E-state index contributed by atoms with van der Waals surface area (Å²) in [6.45, 7) is 0. The molecule has 2 heterocycles. The standard InChI is InChI=1S/C62H39NS2/c1-2-17-40(18-3-1)41-33-35-42(36-34-41)63(43-37-38-45-44-19-4-6-21-47(44)62(54(45)39-43)51-25-10-14-31-58(51)65-59-32-15-11-26-52(59)62)55-28-16-27-53-60(55)46-20-5-7-22-48(46)61(53)49-23-8-12-29-56(49)64-57-30-13-9-24-50(57)61/h1-39H. The van der Waals surface area contributed by atoms with E-state index in [4.69, 9.17) is 0 Å². The highest BCUT2D eigenvalue weighted by molar-refractivity contribution is 7.99. The summed E-state index contributed by atoms with van der Waals surface area (Å²) < 4.78 is 0. The zero-order valence-electron chi connectivity index (χ0n) is 35.3. The fraction of sp³-hybridized carbons (Fsp3) is 0.0323. The van der Waals surface area contributed by atoms with Gasteiger partial charge in [-0.15, -0.1) is 0 Å². The van der Waals surface area contributed by atoms with Crippen molar-refractivity contribution in [1.29, 1.82) is 0 Å².